The van der Waals surface area contributed by atoms with Crippen LogP contribution in [0.15, 0.2) is 0 Å². The van der Waals surface area contributed by atoms with E-state index in [1.165, 1.54) is 0 Å². The van der Waals surface area contributed by atoms with E-state index < -0.39 is 0 Å². The number of rotatable bonds is 2. The summed E-state index contributed by atoms with van der Waals surface area (Å²) in [5.41, 5.74) is -0.116. The van der Waals surface area contributed by atoms with Crippen LogP contribution in [-0.4, -0.2) is 102 Å². The lowest BCUT2D eigenvalue weighted by Crippen LogP contribution is -2.60. The summed E-state index contributed by atoms with van der Waals surface area (Å²) in [6, 6.07) is 1.38. The molecule has 0 bridgehead atoms. The summed E-state index contributed by atoms with van der Waals surface area (Å²) in [7, 11) is 0. The van der Waals surface area contributed by atoms with Crippen molar-refractivity contribution in [2.75, 3.05) is 59.0 Å². The van der Waals surface area contributed by atoms with E-state index in [-0.39, 0.29) is 11.6 Å². The Labute approximate surface area is 159 Å². The Bertz CT molecular complexity index is 474. The van der Waals surface area contributed by atoms with Crippen LogP contribution in [0.25, 0.3) is 0 Å². The van der Waals surface area contributed by atoms with Gasteiger partial charge in [0, 0.05) is 57.9 Å². The lowest BCUT2D eigenvalue weighted by atomic mass is 9.89. The van der Waals surface area contributed by atoms with Gasteiger partial charge in [0.2, 0.25) is 0 Å². The van der Waals surface area contributed by atoms with E-state index in [1.54, 1.807) is 0 Å². The number of likely N-dealkylation sites (tertiary alicyclic amines) is 1. The molecule has 3 aliphatic heterocycles. The van der Waals surface area contributed by atoms with E-state index in [0.29, 0.717) is 18.7 Å². The summed E-state index contributed by atoms with van der Waals surface area (Å²) in [6.45, 7) is 17.2. The van der Waals surface area contributed by atoms with E-state index in [4.69, 9.17) is 4.74 Å². The van der Waals surface area contributed by atoms with E-state index in [1.807, 2.05) is 0 Å². The number of hydrogen-bond acceptors (Lipinski definition) is 4. The van der Waals surface area contributed by atoms with Crippen molar-refractivity contribution in [3.05, 3.63) is 0 Å². The highest BCUT2D eigenvalue weighted by atomic mass is 16.5. The SMILES string of the molecule is CC(C)N1CCCN(C(=O)N2CCOC3(CCN(C(C)C)CC3)C2)CC1. The van der Waals surface area contributed by atoms with Crippen molar-refractivity contribution in [3.8, 4) is 0 Å². The van der Waals surface area contributed by atoms with Crippen LogP contribution in [0, 0.1) is 0 Å². The van der Waals surface area contributed by atoms with Crippen molar-refractivity contribution >= 4 is 6.03 Å². The van der Waals surface area contributed by atoms with Crippen molar-refractivity contribution in [1.29, 1.82) is 0 Å². The molecule has 6 nitrogen and oxygen atoms in total. The fourth-order valence-corrected chi connectivity index (χ4v) is 4.60. The minimum atomic E-state index is -0.116. The predicted molar refractivity (Wildman–Crippen MR) is 104 cm³/mol. The zero-order valence-corrected chi connectivity index (χ0v) is 17.2. The standard InChI is InChI=1S/C20H38N4O2/c1-17(2)21-8-5-9-23(13-12-21)19(25)24-14-15-26-20(16-24)6-10-22(11-7-20)18(3)4/h17-18H,5-16H2,1-4H3. The molecule has 1 spiro atoms. The summed E-state index contributed by atoms with van der Waals surface area (Å²) >= 11 is 0. The van der Waals surface area contributed by atoms with Crippen LogP contribution in [0.4, 0.5) is 4.79 Å². The summed E-state index contributed by atoms with van der Waals surface area (Å²) < 4.78 is 6.23. The summed E-state index contributed by atoms with van der Waals surface area (Å²) in [6.07, 6.45) is 3.15. The van der Waals surface area contributed by atoms with Gasteiger partial charge in [-0.05, 0) is 47.0 Å². The predicted octanol–water partition coefficient (Wildman–Crippen LogP) is 2.10. The number of amides is 2. The van der Waals surface area contributed by atoms with Gasteiger partial charge in [-0.15, -0.1) is 0 Å². The molecule has 0 radical (unpaired) electrons. The zero-order valence-electron chi connectivity index (χ0n) is 17.2. The number of piperidine rings is 1. The Kier molecular flexibility index (Phi) is 6.46. The molecule has 26 heavy (non-hydrogen) atoms. The molecule has 0 aliphatic carbocycles. The lowest BCUT2D eigenvalue weighted by molar-refractivity contribution is -0.130. The van der Waals surface area contributed by atoms with Gasteiger partial charge < -0.3 is 19.4 Å². The van der Waals surface area contributed by atoms with Gasteiger partial charge in [-0.25, -0.2) is 4.79 Å². The molecule has 0 atom stereocenters. The molecule has 0 N–H and O–H groups in total. The molecule has 0 unspecified atom stereocenters. The molecule has 3 rings (SSSR count). The molecule has 3 fully saturated rings. The van der Waals surface area contributed by atoms with Gasteiger partial charge in [0.25, 0.3) is 0 Å². The average Bonchev–Trinajstić information content (AvgIpc) is 2.88. The summed E-state index contributed by atoms with van der Waals surface area (Å²) in [5, 5.41) is 0. The second kappa shape index (κ2) is 8.44. The van der Waals surface area contributed by atoms with E-state index in [9.17, 15) is 4.79 Å². The van der Waals surface area contributed by atoms with Crippen molar-refractivity contribution in [2.24, 2.45) is 0 Å². The van der Waals surface area contributed by atoms with Crippen LogP contribution in [0.5, 0.6) is 0 Å². The summed E-state index contributed by atoms with van der Waals surface area (Å²) in [4.78, 5) is 22.3. The van der Waals surface area contributed by atoms with Gasteiger partial charge in [-0.2, -0.15) is 0 Å². The zero-order chi connectivity index (χ0) is 18.7. The van der Waals surface area contributed by atoms with Crippen LogP contribution in [0.1, 0.15) is 47.0 Å². The van der Waals surface area contributed by atoms with Crippen molar-refractivity contribution < 1.29 is 9.53 Å². The molecule has 6 heteroatoms. The molecule has 3 aliphatic rings. The monoisotopic (exact) mass is 366 g/mol. The van der Waals surface area contributed by atoms with E-state index in [0.717, 1.165) is 71.6 Å². The maximum atomic E-state index is 13.1. The molecule has 2 amide bonds. The van der Waals surface area contributed by atoms with Crippen LogP contribution in [0.3, 0.4) is 0 Å². The van der Waals surface area contributed by atoms with E-state index >= 15 is 0 Å². The van der Waals surface area contributed by atoms with Crippen molar-refractivity contribution in [2.45, 2.75) is 64.6 Å². The second-order valence-electron chi connectivity index (χ2n) is 8.84. The molecule has 0 aromatic carbocycles. The quantitative estimate of drug-likeness (QED) is 0.750. The molecule has 0 saturated carbocycles. The minimum absolute atomic E-state index is 0.116. The van der Waals surface area contributed by atoms with Crippen LogP contribution >= 0.6 is 0 Å². The number of ether oxygens (including phenoxy) is 1. The fraction of sp³-hybridized carbons (Fsp3) is 0.950. The first kappa shape index (κ1) is 19.9. The number of morpholine rings is 1. The van der Waals surface area contributed by atoms with Crippen LogP contribution in [-0.2, 0) is 4.74 Å². The fourth-order valence-electron chi connectivity index (χ4n) is 4.60. The number of urea groups is 1. The Morgan fingerprint density at radius 3 is 2.12 bits per heavy atom. The Morgan fingerprint density at radius 1 is 0.808 bits per heavy atom. The van der Waals surface area contributed by atoms with Gasteiger partial charge in [0.05, 0.1) is 18.8 Å². The highest BCUT2D eigenvalue weighted by Gasteiger charge is 2.42. The molecular formula is C20H38N4O2. The third-order valence-corrected chi connectivity index (χ3v) is 6.49. The normalized spacial score (nSPS) is 25.9. The van der Waals surface area contributed by atoms with Crippen molar-refractivity contribution in [3.63, 3.8) is 0 Å². The van der Waals surface area contributed by atoms with Gasteiger partial charge in [0.15, 0.2) is 0 Å². The maximum absolute atomic E-state index is 13.1. The number of carbonyl (C=O) groups excluding carboxylic acids is 1. The Morgan fingerprint density at radius 2 is 1.46 bits per heavy atom. The topological polar surface area (TPSA) is 39.3 Å². The molecular weight excluding hydrogens is 328 g/mol. The Hall–Kier alpha value is -0.850. The smallest absolute Gasteiger partial charge is 0.320 e. The Balaban J connectivity index is 1.56. The van der Waals surface area contributed by atoms with Gasteiger partial charge in [0.1, 0.15) is 0 Å². The molecule has 3 heterocycles. The average molecular weight is 367 g/mol. The molecule has 0 aromatic heterocycles. The van der Waals surface area contributed by atoms with Crippen LogP contribution in [0.2, 0.25) is 0 Å². The number of carbonyl (C=O) groups is 1. The first-order valence-corrected chi connectivity index (χ1v) is 10.6. The highest BCUT2D eigenvalue weighted by molar-refractivity contribution is 5.74. The third-order valence-electron chi connectivity index (χ3n) is 6.49. The number of nitrogens with zero attached hydrogens (tertiary/aromatic N) is 4. The molecule has 3 saturated heterocycles. The first-order chi connectivity index (χ1) is 12.4. The van der Waals surface area contributed by atoms with Crippen LogP contribution < -0.4 is 0 Å². The minimum Gasteiger partial charge on any atom is -0.371 e. The molecule has 0 aromatic rings. The summed E-state index contributed by atoms with van der Waals surface area (Å²) in [5.74, 6) is 0. The highest BCUT2D eigenvalue weighted by Crippen LogP contribution is 2.31. The van der Waals surface area contributed by atoms with Crippen molar-refractivity contribution in [1.82, 2.24) is 19.6 Å². The maximum Gasteiger partial charge on any atom is 0.320 e. The van der Waals surface area contributed by atoms with Gasteiger partial charge in [-0.1, -0.05) is 0 Å². The lowest BCUT2D eigenvalue weighted by Gasteiger charge is -2.48. The largest absolute Gasteiger partial charge is 0.371 e. The first-order valence-electron chi connectivity index (χ1n) is 10.6. The van der Waals surface area contributed by atoms with E-state index in [2.05, 4.69) is 47.3 Å². The second-order valence-corrected chi connectivity index (χ2v) is 8.84. The number of hydrogen-bond donors (Lipinski definition) is 0. The molecule has 150 valence electrons. The third kappa shape index (κ3) is 4.52. The van der Waals surface area contributed by atoms with Gasteiger partial charge >= 0.3 is 6.03 Å². The van der Waals surface area contributed by atoms with Gasteiger partial charge in [-0.3, -0.25) is 4.90 Å².